The third-order valence-electron chi connectivity index (χ3n) is 2.85. The fraction of sp³-hybridized carbons (Fsp3) is 0.500. The Labute approximate surface area is 116 Å². The van der Waals surface area contributed by atoms with Crippen molar-refractivity contribution < 1.29 is 14.6 Å². The molecule has 5 heteroatoms. The zero-order valence-electron chi connectivity index (χ0n) is 10.6. The average Bonchev–Trinajstić information content (AvgIpc) is 3.08. The summed E-state index contributed by atoms with van der Waals surface area (Å²) < 4.78 is 5.33. The number of hydrogen-bond donors (Lipinski definition) is 2. The Morgan fingerprint density at radius 3 is 3.26 bits per heavy atom. The number of carbonyl (C=O) groups is 1. The Kier molecular flexibility index (Phi) is 5.40. The van der Waals surface area contributed by atoms with Gasteiger partial charge in [-0.1, -0.05) is 11.8 Å². The predicted molar refractivity (Wildman–Crippen MR) is 73.7 cm³/mol. The summed E-state index contributed by atoms with van der Waals surface area (Å²) in [5, 5.41) is 13.5. The first kappa shape index (κ1) is 14.1. The molecule has 2 N–H and O–H groups in total. The van der Waals surface area contributed by atoms with E-state index in [1.54, 1.807) is 11.3 Å². The van der Waals surface area contributed by atoms with Crippen LogP contribution in [0.15, 0.2) is 11.4 Å². The molecule has 1 amide bonds. The summed E-state index contributed by atoms with van der Waals surface area (Å²) in [6.07, 6.45) is 1.94. The standard InChI is InChI=1S/C14H17NO3S/c16-7-2-1-4-11-6-9-19-13(11)10-15-14(17)12-5-3-8-18-12/h6,9,12,16H,2-3,5,7-8,10H2,(H,15,17). The van der Waals surface area contributed by atoms with Crippen molar-refractivity contribution in [3.05, 3.63) is 21.9 Å². The summed E-state index contributed by atoms with van der Waals surface area (Å²) in [6.45, 7) is 1.23. The van der Waals surface area contributed by atoms with E-state index in [0.29, 0.717) is 19.6 Å². The van der Waals surface area contributed by atoms with E-state index in [2.05, 4.69) is 17.2 Å². The molecule has 1 atom stereocenters. The van der Waals surface area contributed by atoms with Crippen LogP contribution in [0.25, 0.3) is 0 Å². The second-order valence-electron chi connectivity index (χ2n) is 4.25. The summed E-state index contributed by atoms with van der Waals surface area (Å²) in [5.74, 6) is 5.85. The number of carbonyl (C=O) groups excluding carboxylic acids is 1. The van der Waals surface area contributed by atoms with Gasteiger partial charge >= 0.3 is 0 Å². The largest absolute Gasteiger partial charge is 0.395 e. The molecule has 1 aromatic rings. The second kappa shape index (κ2) is 7.29. The van der Waals surface area contributed by atoms with Gasteiger partial charge in [0.1, 0.15) is 6.10 Å². The molecule has 1 aliphatic rings. The normalized spacial score (nSPS) is 17.8. The molecule has 2 heterocycles. The number of rotatable bonds is 4. The van der Waals surface area contributed by atoms with E-state index >= 15 is 0 Å². The molecule has 0 bridgehead atoms. The van der Waals surface area contributed by atoms with Crippen LogP contribution in [0.1, 0.15) is 29.7 Å². The van der Waals surface area contributed by atoms with Gasteiger partial charge in [-0.2, -0.15) is 0 Å². The van der Waals surface area contributed by atoms with E-state index in [4.69, 9.17) is 9.84 Å². The third-order valence-corrected chi connectivity index (χ3v) is 3.77. The molecule has 0 spiro atoms. The van der Waals surface area contributed by atoms with Crippen LogP contribution in [0.4, 0.5) is 0 Å². The number of aliphatic hydroxyl groups excluding tert-OH is 1. The van der Waals surface area contributed by atoms with Gasteiger partial charge in [0.25, 0.3) is 0 Å². The van der Waals surface area contributed by atoms with Crippen molar-refractivity contribution in [2.75, 3.05) is 13.2 Å². The van der Waals surface area contributed by atoms with Crippen LogP contribution >= 0.6 is 11.3 Å². The summed E-state index contributed by atoms with van der Waals surface area (Å²) >= 11 is 1.57. The predicted octanol–water partition coefficient (Wildman–Crippen LogP) is 1.28. The summed E-state index contributed by atoms with van der Waals surface area (Å²) in [6, 6.07) is 1.93. The van der Waals surface area contributed by atoms with Gasteiger partial charge in [-0.15, -0.1) is 11.3 Å². The molecule has 0 aromatic carbocycles. The molecule has 0 saturated carbocycles. The molecule has 1 unspecified atom stereocenters. The van der Waals surface area contributed by atoms with Crippen LogP contribution in [-0.2, 0) is 16.1 Å². The highest BCUT2D eigenvalue weighted by Gasteiger charge is 2.23. The van der Waals surface area contributed by atoms with E-state index in [0.717, 1.165) is 23.3 Å². The Morgan fingerprint density at radius 2 is 2.53 bits per heavy atom. The van der Waals surface area contributed by atoms with Gasteiger partial charge in [0.05, 0.1) is 13.2 Å². The Balaban J connectivity index is 1.87. The molecule has 0 aliphatic carbocycles. The lowest BCUT2D eigenvalue weighted by molar-refractivity contribution is -0.130. The molecular weight excluding hydrogens is 262 g/mol. The quantitative estimate of drug-likeness (QED) is 0.816. The number of ether oxygens (including phenoxy) is 1. The molecule has 2 rings (SSSR count). The van der Waals surface area contributed by atoms with Crippen molar-refractivity contribution in [2.24, 2.45) is 0 Å². The van der Waals surface area contributed by atoms with Crippen molar-refractivity contribution in [3.63, 3.8) is 0 Å². The minimum atomic E-state index is -0.288. The van der Waals surface area contributed by atoms with Gasteiger partial charge in [-0.05, 0) is 24.3 Å². The number of hydrogen-bond acceptors (Lipinski definition) is 4. The van der Waals surface area contributed by atoms with E-state index in [1.807, 2.05) is 11.4 Å². The van der Waals surface area contributed by atoms with Crippen molar-refractivity contribution in [1.29, 1.82) is 0 Å². The van der Waals surface area contributed by atoms with E-state index < -0.39 is 0 Å². The van der Waals surface area contributed by atoms with Gasteiger partial charge < -0.3 is 15.2 Å². The molecule has 4 nitrogen and oxygen atoms in total. The Morgan fingerprint density at radius 1 is 1.63 bits per heavy atom. The third kappa shape index (κ3) is 4.06. The average molecular weight is 279 g/mol. The van der Waals surface area contributed by atoms with Gasteiger partial charge in [-0.25, -0.2) is 0 Å². The molecule has 1 fully saturated rings. The lowest BCUT2D eigenvalue weighted by Crippen LogP contribution is -2.33. The van der Waals surface area contributed by atoms with Crippen molar-refractivity contribution >= 4 is 17.2 Å². The van der Waals surface area contributed by atoms with Crippen LogP contribution in [-0.4, -0.2) is 30.3 Å². The highest BCUT2D eigenvalue weighted by Crippen LogP contribution is 2.16. The van der Waals surface area contributed by atoms with E-state index in [9.17, 15) is 4.79 Å². The van der Waals surface area contributed by atoms with Crippen LogP contribution in [0.5, 0.6) is 0 Å². The summed E-state index contributed by atoms with van der Waals surface area (Å²) in [5.41, 5.74) is 0.922. The van der Waals surface area contributed by atoms with Crippen LogP contribution < -0.4 is 5.32 Å². The van der Waals surface area contributed by atoms with E-state index in [1.165, 1.54) is 0 Å². The Bertz CT molecular complexity index is 480. The minimum absolute atomic E-state index is 0.0415. The van der Waals surface area contributed by atoms with Crippen molar-refractivity contribution in [2.45, 2.75) is 31.9 Å². The van der Waals surface area contributed by atoms with Gasteiger partial charge in [0, 0.05) is 23.5 Å². The monoisotopic (exact) mass is 279 g/mol. The smallest absolute Gasteiger partial charge is 0.249 e. The van der Waals surface area contributed by atoms with E-state index in [-0.39, 0.29) is 18.6 Å². The van der Waals surface area contributed by atoms with Crippen LogP contribution in [0, 0.1) is 11.8 Å². The first-order valence-corrected chi connectivity index (χ1v) is 7.24. The van der Waals surface area contributed by atoms with Crippen LogP contribution in [0.2, 0.25) is 0 Å². The first-order chi connectivity index (χ1) is 9.31. The summed E-state index contributed by atoms with van der Waals surface area (Å²) in [7, 11) is 0. The van der Waals surface area contributed by atoms with Crippen molar-refractivity contribution in [1.82, 2.24) is 5.32 Å². The SMILES string of the molecule is O=C(NCc1sccc1C#CCCO)C1CCCO1. The maximum atomic E-state index is 11.8. The zero-order valence-corrected chi connectivity index (χ0v) is 11.5. The second-order valence-corrected chi connectivity index (χ2v) is 5.25. The number of amides is 1. The van der Waals surface area contributed by atoms with Gasteiger partial charge in [-0.3, -0.25) is 4.79 Å². The fourth-order valence-corrected chi connectivity index (χ4v) is 2.64. The lowest BCUT2D eigenvalue weighted by atomic mass is 10.2. The molecular formula is C14H17NO3S. The summed E-state index contributed by atoms with van der Waals surface area (Å²) in [4.78, 5) is 12.9. The number of thiophene rings is 1. The zero-order chi connectivity index (χ0) is 13.5. The Hall–Kier alpha value is -1.35. The maximum absolute atomic E-state index is 11.8. The molecule has 1 saturated heterocycles. The highest BCUT2D eigenvalue weighted by atomic mass is 32.1. The molecule has 0 radical (unpaired) electrons. The first-order valence-electron chi connectivity index (χ1n) is 6.36. The maximum Gasteiger partial charge on any atom is 0.249 e. The fourth-order valence-electron chi connectivity index (χ4n) is 1.87. The van der Waals surface area contributed by atoms with Gasteiger partial charge in [0.2, 0.25) is 5.91 Å². The number of nitrogens with one attached hydrogen (secondary N) is 1. The van der Waals surface area contributed by atoms with Crippen LogP contribution in [0.3, 0.4) is 0 Å². The minimum Gasteiger partial charge on any atom is -0.395 e. The lowest BCUT2D eigenvalue weighted by Gasteiger charge is -2.09. The molecule has 102 valence electrons. The molecule has 1 aliphatic heterocycles. The highest BCUT2D eigenvalue weighted by molar-refractivity contribution is 7.10. The molecule has 19 heavy (non-hydrogen) atoms. The number of aliphatic hydroxyl groups is 1. The van der Waals surface area contributed by atoms with Crippen molar-refractivity contribution in [3.8, 4) is 11.8 Å². The molecule has 1 aromatic heterocycles. The topological polar surface area (TPSA) is 58.6 Å². The van der Waals surface area contributed by atoms with Gasteiger partial charge in [0.15, 0.2) is 0 Å².